The van der Waals surface area contributed by atoms with E-state index in [1.807, 2.05) is 0 Å². The van der Waals surface area contributed by atoms with Crippen LogP contribution in [0.3, 0.4) is 0 Å². The van der Waals surface area contributed by atoms with Gasteiger partial charge in [0.25, 0.3) is 5.91 Å². The SMILES string of the molecule is CC(C)CN(CC(C)C)C(=O)C(F)(F)C(F)(F)C(F)(F)F. The third-order valence-electron chi connectivity index (χ3n) is 2.48. The monoisotopic (exact) mass is 325 g/mol. The largest absolute Gasteiger partial charge is 0.460 e. The molecule has 0 fully saturated rings. The number of hydrogen-bond acceptors (Lipinski definition) is 1. The Morgan fingerprint density at radius 1 is 0.857 bits per heavy atom. The molecule has 126 valence electrons. The summed E-state index contributed by atoms with van der Waals surface area (Å²) in [6.07, 6.45) is -6.51. The van der Waals surface area contributed by atoms with Crippen molar-refractivity contribution in [2.24, 2.45) is 11.8 Å². The minimum atomic E-state index is -6.51. The van der Waals surface area contributed by atoms with Crippen molar-refractivity contribution < 1.29 is 35.5 Å². The van der Waals surface area contributed by atoms with E-state index in [1.165, 1.54) is 27.7 Å². The molecule has 0 heterocycles. The van der Waals surface area contributed by atoms with Crippen molar-refractivity contribution >= 4 is 5.91 Å². The normalized spacial score (nSPS) is 14.0. The van der Waals surface area contributed by atoms with E-state index in [4.69, 9.17) is 0 Å². The van der Waals surface area contributed by atoms with Crippen molar-refractivity contribution in [3.05, 3.63) is 0 Å². The number of hydrogen-bond donors (Lipinski definition) is 0. The second-order valence-corrected chi connectivity index (χ2v) is 5.64. The molecule has 0 unspecified atom stereocenters. The fraction of sp³-hybridized carbons (Fsp3) is 0.917. The van der Waals surface area contributed by atoms with Crippen molar-refractivity contribution in [3.63, 3.8) is 0 Å². The van der Waals surface area contributed by atoms with Gasteiger partial charge in [-0.2, -0.15) is 30.7 Å². The molecule has 0 saturated carbocycles. The summed E-state index contributed by atoms with van der Waals surface area (Å²) in [6.45, 7) is 5.45. The van der Waals surface area contributed by atoms with Crippen molar-refractivity contribution in [1.29, 1.82) is 0 Å². The molecule has 0 aliphatic carbocycles. The van der Waals surface area contributed by atoms with Crippen molar-refractivity contribution in [2.45, 2.75) is 45.7 Å². The van der Waals surface area contributed by atoms with E-state index in [0.29, 0.717) is 4.90 Å². The van der Waals surface area contributed by atoms with Gasteiger partial charge >= 0.3 is 18.0 Å². The van der Waals surface area contributed by atoms with E-state index in [2.05, 4.69) is 0 Å². The molecular weight excluding hydrogens is 307 g/mol. The first-order chi connectivity index (χ1) is 9.14. The zero-order valence-electron chi connectivity index (χ0n) is 12.1. The third-order valence-corrected chi connectivity index (χ3v) is 2.48. The molecule has 1 amide bonds. The number of alkyl halides is 7. The van der Waals surface area contributed by atoms with Gasteiger partial charge in [-0.05, 0) is 11.8 Å². The first kappa shape index (κ1) is 20.0. The van der Waals surface area contributed by atoms with Crippen LogP contribution in [0.5, 0.6) is 0 Å². The van der Waals surface area contributed by atoms with Crippen LogP contribution in [-0.2, 0) is 4.79 Å². The average molecular weight is 325 g/mol. The molecule has 0 atom stereocenters. The Bertz CT molecular complexity index is 353. The summed E-state index contributed by atoms with van der Waals surface area (Å²) in [5, 5.41) is 0. The standard InChI is InChI=1S/C12H18F7NO/c1-7(2)5-20(6-8(3)4)9(21)10(13,14)11(15,16)12(17,18)19/h7-8H,5-6H2,1-4H3. The van der Waals surface area contributed by atoms with Gasteiger partial charge < -0.3 is 4.90 Å². The molecule has 9 heteroatoms. The Morgan fingerprint density at radius 3 is 1.43 bits per heavy atom. The van der Waals surface area contributed by atoms with Crippen LogP contribution in [0.25, 0.3) is 0 Å². The van der Waals surface area contributed by atoms with Gasteiger partial charge in [0.1, 0.15) is 0 Å². The van der Waals surface area contributed by atoms with Crippen LogP contribution >= 0.6 is 0 Å². The summed E-state index contributed by atoms with van der Waals surface area (Å²) >= 11 is 0. The fourth-order valence-corrected chi connectivity index (χ4v) is 1.63. The van der Waals surface area contributed by atoms with Gasteiger partial charge in [0.2, 0.25) is 0 Å². The summed E-state index contributed by atoms with van der Waals surface area (Å²) in [4.78, 5) is 11.9. The maximum atomic E-state index is 13.4. The summed E-state index contributed by atoms with van der Waals surface area (Å²) < 4.78 is 88.7. The van der Waals surface area contributed by atoms with Gasteiger partial charge in [-0.15, -0.1) is 0 Å². The highest BCUT2D eigenvalue weighted by atomic mass is 19.4. The van der Waals surface area contributed by atoms with Crippen LogP contribution in [0.2, 0.25) is 0 Å². The Kier molecular flexibility index (Phi) is 6.08. The smallest absolute Gasteiger partial charge is 0.337 e. The van der Waals surface area contributed by atoms with Gasteiger partial charge in [-0.3, -0.25) is 4.79 Å². The summed E-state index contributed by atoms with van der Waals surface area (Å²) in [5.74, 6) is -15.5. The molecule has 0 N–H and O–H groups in total. The second-order valence-electron chi connectivity index (χ2n) is 5.64. The highest BCUT2D eigenvalue weighted by Crippen LogP contribution is 2.47. The number of rotatable bonds is 6. The average Bonchev–Trinajstić information content (AvgIpc) is 2.23. The first-order valence-electron chi connectivity index (χ1n) is 6.26. The Hall–Kier alpha value is -1.02. The molecule has 0 spiro atoms. The predicted molar refractivity (Wildman–Crippen MR) is 62.2 cm³/mol. The van der Waals surface area contributed by atoms with Crippen molar-refractivity contribution in [1.82, 2.24) is 4.90 Å². The lowest BCUT2D eigenvalue weighted by Gasteiger charge is -2.33. The fourth-order valence-electron chi connectivity index (χ4n) is 1.63. The van der Waals surface area contributed by atoms with Gasteiger partial charge in [0.15, 0.2) is 0 Å². The molecule has 2 nitrogen and oxygen atoms in total. The summed E-state index contributed by atoms with van der Waals surface area (Å²) in [7, 11) is 0. The van der Waals surface area contributed by atoms with E-state index in [1.54, 1.807) is 0 Å². The van der Waals surface area contributed by atoms with E-state index in [-0.39, 0.29) is 24.9 Å². The highest BCUT2D eigenvalue weighted by Gasteiger charge is 2.76. The molecule has 0 saturated heterocycles. The lowest BCUT2D eigenvalue weighted by Crippen LogP contribution is -2.60. The Labute approximate surface area is 118 Å². The van der Waals surface area contributed by atoms with Crippen LogP contribution in [0.4, 0.5) is 30.7 Å². The molecule has 0 aliphatic heterocycles. The molecule has 21 heavy (non-hydrogen) atoms. The zero-order valence-corrected chi connectivity index (χ0v) is 12.1. The first-order valence-corrected chi connectivity index (χ1v) is 6.26. The molecule has 0 bridgehead atoms. The number of halogens is 7. The highest BCUT2D eigenvalue weighted by molar-refractivity contribution is 5.85. The number of amides is 1. The van der Waals surface area contributed by atoms with E-state index in [9.17, 15) is 35.5 Å². The van der Waals surface area contributed by atoms with Crippen LogP contribution in [0.15, 0.2) is 0 Å². The zero-order chi connectivity index (χ0) is 17.2. The van der Waals surface area contributed by atoms with Gasteiger partial charge in [-0.1, -0.05) is 27.7 Å². The van der Waals surface area contributed by atoms with Crippen LogP contribution < -0.4 is 0 Å². The molecule has 0 rings (SSSR count). The van der Waals surface area contributed by atoms with Crippen LogP contribution in [-0.4, -0.2) is 41.9 Å². The molecule has 0 aromatic rings. The quantitative estimate of drug-likeness (QED) is 0.677. The van der Waals surface area contributed by atoms with E-state index < -0.39 is 23.9 Å². The second kappa shape index (κ2) is 6.39. The predicted octanol–water partition coefficient (Wildman–Crippen LogP) is 3.96. The van der Waals surface area contributed by atoms with E-state index >= 15 is 0 Å². The molecular formula is C12H18F7NO. The summed E-state index contributed by atoms with van der Waals surface area (Å²) in [6, 6.07) is 0. The molecule has 0 radical (unpaired) electrons. The minimum absolute atomic E-state index is 0.333. The molecule has 0 aromatic carbocycles. The van der Waals surface area contributed by atoms with Gasteiger partial charge in [0, 0.05) is 13.1 Å². The Morgan fingerprint density at radius 2 is 1.19 bits per heavy atom. The lowest BCUT2D eigenvalue weighted by atomic mass is 10.1. The lowest BCUT2D eigenvalue weighted by molar-refractivity contribution is -0.346. The molecule has 0 aromatic heterocycles. The number of nitrogens with zero attached hydrogens (tertiary/aromatic N) is 1. The van der Waals surface area contributed by atoms with E-state index in [0.717, 1.165) is 0 Å². The minimum Gasteiger partial charge on any atom is -0.337 e. The summed E-state index contributed by atoms with van der Waals surface area (Å²) in [5.41, 5.74) is 0. The maximum Gasteiger partial charge on any atom is 0.460 e. The van der Waals surface area contributed by atoms with Crippen LogP contribution in [0.1, 0.15) is 27.7 Å². The third kappa shape index (κ3) is 4.47. The van der Waals surface area contributed by atoms with Crippen LogP contribution in [0, 0.1) is 11.8 Å². The number of carbonyl (C=O) groups excluding carboxylic acids is 1. The topological polar surface area (TPSA) is 20.3 Å². The maximum absolute atomic E-state index is 13.4. The van der Waals surface area contributed by atoms with Crippen molar-refractivity contribution in [3.8, 4) is 0 Å². The van der Waals surface area contributed by atoms with Gasteiger partial charge in [0.05, 0.1) is 0 Å². The molecule has 0 aliphatic rings. The number of carbonyl (C=O) groups is 1. The Balaban J connectivity index is 5.49. The van der Waals surface area contributed by atoms with Crippen molar-refractivity contribution in [2.75, 3.05) is 13.1 Å². The van der Waals surface area contributed by atoms with Gasteiger partial charge in [-0.25, -0.2) is 0 Å².